The molecular weight excluding hydrogens is 236 g/mol. The standard InChI is InChI=1S/C16H34N2O/c1-3-11-17-16-10-6-5-9-15(16)14-18(2)12-7-4-8-13-19/h15-17,19H,3-14H2,1-2H3. The lowest BCUT2D eigenvalue weighted by Gasteiger charge is -2.35. The highest BCUT2D eigenvalue weighted by molar-refractivity contribution is 4.82. The van der Waals surface area contributed by atoms with Crippen molar-refractivity contribution in [1.29, 1.82) is 0 Å². The van der Waals surface area contributed by atoms with Crippen LogP contribution in [0.3, 0.4) is 0 Å². The van der Waals surface area contributed by atoms with Crippen LogP contribution in [0.2, 0.25) is 0 Å². The third kappa shape index (κ3) is 7.28. The number of rotatable bonds is 10. The summed E-state index contributed by atoms with van der Waals surface area (Å²) in [5, 5.41) is 12.5. The summed E-state index contributed by atoms with van der Waals surface area (Å²) in [5.74, 6) is 0.836. The number of unbranched alkanes of at least 4 members (excludes halogenated alkanes) is 2. The van der Waals surface area contributed by atoms with Gasteiger partial charge in [0, 0.05) is 19.2 Å². The lowest BCUT2D eigenvalue weighted by Crippen LogP contribution is -2.43. The van der Waals surface area contributed by atoms with Crippen molar-refractivity contribution < 1.29 is 5.11 Å². The van der Waals surface area contributed by atoms with Crippen LogP contribution in [0, 0.1) is 5.92 Å². The van der Waals surface area contributed by atoms with Crippen molar-refractivity contribution in [3.8, 4) is 0 Å². The van der Waals surface area contributed by atoms with Crippen molar-refractivity contribution in [3.63, 3.8) is 0 Å². The van der Waals surface area contributed by atoms with Gasteiger partial charge in [-0.25, -0.2) is 0 Å². The summed E-state index contributed by atoms with van der Waals surface area (Å²) in [6, 6.07) is 0.744. The van der Waals surface area contributed by atoms with Gasteiger partial charge in [0.05, 0.1) is 0 Å². The molecule has 1 aliphatic rings. The number of hydrogen-bond acceptors (Lipinski definition) is 3. The molecule has 3 heteroatoms. The number of nitrogens with one attached hydrogen (secondary N) is 1. The van der Waals surface area contributed by atoms with Gasteiger partial charge in [0.25, 0.3) is 0 Å². The van der Waals surface area contributed by atoms with Gasteiger partial charge in [-0.05, 0) is 64.6 Å². The first kappa shape index (κ1) is 16.9. The zero-order chi connectivity index (χ0) is 13.9. The molecule has 0 amide bonds. The maximum absolute atomic E-state index is 8.79. The molecule has 3 nitrogen and oxygen atoms in total. The molecule has 19 heavy (non-hydrogen) atoms. The Morgan fingerprint density at radius 2 is 1.95 bits per heavy atom. The Balaban J connectivity index is 2.22. The maximum atomic E-state index is 8.79. The molecule has 0 radical (unpaired) electrons. The smallest absolute Gasteiger partial charge is 0.0431 e. The van der Waals surface area contributed by atoms with E-state index in [1.54, 1.807) is 0 Å². The predicted octanol–water partition coefficient (Wildman–Crippen LogP) is 2.64. The molecule has 0 heterocycles. The summed E-state index contributed by atoms with van der Waals surface area (Å²) in [4.78, 5) is 2.49. The molecule has 0 aromatic heterocycles. The van der Waals surface area contributed by atoms with Crippen LogP contribution in [-0.2, 0) is 0 Å². The van der Waals surface area contributed by atoms with Crippen LogP contribution in [0.5, 0.6) is 0 Å². The minimum atomic E-state index is 0.343. The zero-order valence-corrected chi connectivity index (χ0v) is 13.0. The fraction of sp³-hybridized carbons (Fsp3) is 1.00. The number of nitrogens with zero attached hydrogens (tertiary/aromatic N) is 1. The van der Waals surface area contributed by atoms with Crippen molar-refractivity contribution >= 4 is 0 Å². The van der Waals surface area contributed by atoms with Gasteiger partial charge in [-0.15, -0.1) is 0 Å². The van der Waals surface area contributed by atoms with E-state index in [4.69, 9.17) is 5.11 Å². The van der Waals surface area contributed by atoms with Gasteiger partial charge in [0.1, 0.15) is 0 Å². The van der Waals surface area contributed by atoms with E-state index >= 15 is 0 Å². The van der Waals surface area contributed by atoms with Crippen molar-refractivity contribution in [2.75, 3.05) is 33.3 Å². The van der Waals surface area contributed by atoms with Gasteiger partial charge in [-0.2, -0.15) is 0 Å². The summed E-state index contributed by atoms with van der Waals surface area (Å²) in [7, 11) is 2.25. The fourth-order valence-electron chi connectivity index (χ4n) is 3.19. The molecule has 114 valence electrons. The molecule has 2 N–H and O–H groups in total. The minimum absolute atomic E-state index is 0.343. The molecule has 0 saturated heterocycles. The highest BCUT2D eigenvalue weighted by atomic mass is 16.2. The van der Waals surface area contributed by atoms with E-state index in [0.717, 1.165) is 24.8 Å². The van der Waals surface area contributed by atoms with Crippen molar-refractivity contribution in [2.45, 2.75) is 64.3 Å². The second kappa shape index (κ2) is 10.6. The van der Waals surface area contributed by atoms with Gasteiger partial charge in [-0.3, -0.25) is 0 Å². The van der Waals surface area contributed by atoms with Crippen molar-refractivity contribution in [2.24, 2.45) is 5.92 Å². The van der Waals surface area contributed by atoms with E-state index in [2.05, 4.69) is 24.2 Å². The fourth-order valence-corrected chi connectivity index (χ4v) is 3.19. The third-order valence-corrected chi connectivity index (χ3v) is 4.31. The van der Waals surface area contributed by atoms with Crippen LogP contribution < -0.4 is 5.32 Å². The van der Waals surface area contributed by atoms with Crippen LogP contribution >= 0.6 is 0 Å². The Morgan fingerprint density at radius 3 is 2.68 bits per heavy atom. The van der Waals surface area contributed by atoms with E-state index < -0.39 is 0 Å². The highest BCUT2D eigenvalue weighted by Crippen LogP contribution is 2.25. The van der Waals surface area contributed by atoms with Gasteiger partial charge < -0.3 is 15.3 Å². The Bertz CT molecular complexity index is 211. The molecule has 0 aliphatic heterocycles. The molecule has 2 unspecified atom stereocenters. The third-order valence-electron chi connectivity index (χ3n) is 4.31. The van der Waals surface area contributed by atoms with Gasteiger partial charge in [0.15, 0.2) is 0 Å². The molecule has 1 aliphatic carbocycles. The molecule has 1 rings (SSSR count). The molecule has 0 spiro atoms. The van der Waals surface area contributed by atoms with E-state index in [1.165, 1.54) is 58.2 Å². The number of aliphatic hydroxyl groups is 1. The summed E-state index contributed by atoms with van der Waals surface area (Å²) >= 11 is 0. The van der Waals surface area contributed by atoms with Gasteiger partial charge in [0.2, 0.25) is 0 Å². The molecule has 2 atom stereocenters. The van der Waals surface area contributed by atoms with Crippen LogP contribution in [0.15, 0.2) is 0 Å². The second-order valence-corrected chi connectivity index (χ2v) is 6.15. The summed E-state index contributed by atoms with van der Waals surface area (Å²) in [6.45, 7) is 6.17. The highest BCUT2D eigenvalue weighted by Gasteiger charge is 2.25. The van der Waals surface area contributed by atoms with Crippen LogP contribution in [0.4, 0.5) is 0 Å². The summed E-state index contributed by atoms with van der Waals surface area (Å²) in [5.41, 5.74) is 0. The predicted molar refractivity (Wildman–Crippen MR) is 82.5 cm³/mol. The Labute approximate surface area is 119 Å². The Hall–Kier alpha value is -0.120. The summed E-state index contributed by atoms with van der Waals surface area (Å²) in [6.07, 6.45) is 10.1. The zero-order valence-electron chi connectivity index (χ0n) is 13.0. The van der Waals surface area contributed by atoms with Gasteiger partial charge >= 0.3 is 0 Å². The molecule has 0 aromatic carbocycles. The van der Waals surface area contributed by atoms with E-state index in [0.29, 0.717) is 6.61 Å². The van der Waals surface area contributed by atoms with E-state index in [9.17, 15) is 0 Å². The molecular formula is C16H34N2O. The SMILES string of the molecule is CCCNC1CCCCC1CN(C)CCCCCO. The van der Waals surface area contributed by atoms with Crippen molar-refractivity contribution in [3.05, 3.63) is 0 Å². The molecule has 1 saturated carbocycles. The first-order chi connectivity index (χ1) is 9.27. The average molecular weight is 270 g/mol. The second-order valence-electron chi connectivity index (χ2n) is 6.15. The topological polar surface area (TPSA) is 35.5 Å². The number of aliphatic hydroxyl groups excluding tert-OH is 1. The Kier molecular flexibility index (Phi) is 9.48. The lowest BCUT2D eigenvalue weighted by atomic mass is 9.84. The first-order valence-electron chi connectivity index (χ1n) is 8.30. The van der Waals surface area contributed by atoms with E-state index in [1.807, 2.05) is 0 Å². The normalized spacial score (nSPS) is 24.0. The first-order valence-corrected chi connectivity index (χ1v) is 8.30. The average Bonchev–Trinajstić information content (AvgIpc) is 2.43. The van der Waals surface area contributed by atoms with Crippen LogP contribution in [0.1, 0.15) is 58.3 Å². The van der Waals surface area contributed by atoms with E-state index in [-0.39, 0.29) is 0 Å². The molecule has 1 fully saturated rings. The summed E-state index contributed by atoms with van der Waals surface area (Å²) < 4.78 is 0. The van der Waals surface area contributed by atoms with Crippen LogP contribution in [-0.4, -0.2) is 49.3 Å². The monoisotopic (exact) mass is 270 g/mol. The molecule has 0 bridgehead atoms. The number of hydrogen-bond donors (Lipinski definition) is 2. The largest absolute Gasteiger partial charge is 0.396 e. The quantitative estimate of drug-likeness (QED) is 0.599. The van der Waals surface area contributed by atoms with Crippen molar-refractivity contribution in [1.82, 2.24) is 10.2 Å². The molecule has 0 aromatic rings. The van der Waals surface area contributed by atoms with Gasteiger partial charge in [-0.1, -0.05) is 19.8 Å². The minimum Gasteiger partial charge on any atom is -0.396 e. The lowest BCUT2D eigenvalue weighted by molar-refractivity contribution is 0.186. The maximum Gasteiger partial charge on any atom is 0.0431 e. The Morgan fingerprint density at radius 1 is 1.16 bits per heavy atom. The van der Waals surface area contributed by atoms with Crippen LogP contribution in [0.25, 0.3) is 0 Å².